The van der Waals surface area contributed by atoms with Crippen LogP contribution >= 0.6 is 7.60 Å². The van der Waals surface area contributed by atoms with E-state index in [2.05, 4.69) is 0 Å². The van der Waals surface area contributed by atoms with E-state index in [4.69, 9.17) is 0 Å². The van der Waals surface area contributed by atoms with Crippen LogP contribution in [0.2, 0.25) is 0 Å². The Morgan fingerprint density at radius 3 is 2.05 bits per heavy atom. The molecular weight excluding hydrogens is 273 g/mol. The lowest BCUT2D eigenvalue weighted by Gasteiger charge is -2.19. The summed E-state index contributed by atoms with van der Waals surface area (Å²) >= 11 is 0. The first-order valence-electron chi connectivity index (χ1n) is 5.44. The molecule has 0 aliphatic heterocycles. The fourth-order valence-corrected chi connectivity index (χ4v) is 3.03. The normalized spacial score (nSPS) is 13.3. The molecule has 0 aromatic heterocycles. The molecule has 100 valence electrons. The second kappa shape index (κ2) is 5.21. The second-order valence-electron chi connectivity index (χ2n) is 4.06. The van der Waals surface area contributed by atoms with E-state index in [-0.39, 0.29) is 11.1 Å². The maximum absolute atomic E-state index is 13.7. The molecule has 2 aromatic rings. The van der Waals surface area contributed by atoms with Crippen molar-refractivity contribution in [2.24, 2.45) is 0 Å². The molecule has 0 fully saturated rings. The van der Waals surface area contributed by atoms with Crippen LogP contribution in [-0.2, 0) is 4.57 Å². The number of halogens is 2. The highest BCUT2D eigenvalue weighted by molar-refractivity contribution is 7.52. The van der Waals surface area contributed by atoms with Crippen LogP contribution in [0, 0.1) is 11.6 Å². The molecule has 0 spiro atoms. The summed E-state index contributed by atoms with van der Waals surface area (Å²) in [7, 11) is -4.62. The zero-order valence-electron chi connectivity index (χ0n) is 9.70. The van der Waals surface area contributed by atoms with Gasteiger partial charge in [-0.3, -0.25) is 4.57 Å². The molecule has 2 N–H and O–H groups in total. The van der Waals surface area contributed by atoms with Crippen molar-refractivity contribution in [3.05, 3.63) is 71.3 Å². The minimum Gasteiger partial charge on any atom is -0.324 e. The summed E-state index contributed by atoms with van der Waals surface area (Å²) in [6, 6.07) is 10.0. The molecular formula is C13H11F2O3P. The van der Waals surface area contributed by atoms with Gasteiger partial charge in [0.2, 0.25) is 0 Å². The predicted molar refractivity (Wildman–Crippen MR) is 66.7 cm³/mol. The first kappa shape index (κ1) is 13.9. The standard InChI is InChI=1S/C13H11F2O3P/c14-10-7-5-9(6-8-10)13(19(16,17)18)11-3-1-2-4-12(11)15/h1-8,13H,(H2,16,17,18). The van der Waals surface area contributed by atoms with Crippen LogP contribution in [-0.4, -0.2) is 9.79 Å². The van der Waals surface area contributed by atoms with E-state index in [0.29, 0.717) is 0 Å². The Morgan fingerprint density at radius 1 is 0.947 bits per heavy atom. The van der Waals surface area contributed by atoms with E-state index in [0.717, 1.165) is 18.2 Å². The van der Waals surface area contributed by atoms with Gasteiger partial charge in [0.25, 0.3) is 0 Å². The van der Waals surface area contributed by atoms with Gasteiger partial charge in [0.15, 0.2) is 0 Å². The lowest BCUT2D eigenvalue weighted by Crippen LogP contribution is -2.04. The molecule has 0 heterocycles. The Kier molecular flexibility index (Phi) is 3.80. The van der Waals surface area contributed by atoms with E-state index in [1.54, 1.807) is 0 Å². The largest absolute Gasteiger partial charge is 0.337 e. The predicted octanol–water partition coefficient (Wildman–Crippen LogP) is 3.23. The number of benzene rings is 2. The molecule has 1 atom stereocenters. The Morgan fingerprint density at radius 2 is 1.53 bits per heavy atom. The molecule has 19 heavy (non-hydrogen) atoms. The fourth-order valence-electron chi connectivity index (χ4n) is 1.90. The third-order valence-electron chi connectivity index (χ3n) is 2.72. The van der Waals surface area contributed by atoms with Crippen molar-refractivity contribution in [1.82, 2.24) is 0 Å². The topological polar surface area (TPSA) is 57.5 Å². The van der Waals surface area contributed by atoms with Crippen molar-refractivity contribution in [2.75, 3.05) is 0 Å². The monoisotopic (exact) mass is 284 g/mol. The van der Waals surface area contributed by atoms with Gasteiger partial charge < -0.3 is 9.79 Å². The Balaban J connectivity index is 2.58. The van der Waals surface area contributed by atoms with E-state index < -0.39 is 24.9 Å². The van der Waals surface area contributed by atoms with Gasteiger partial charge in [-0.05, 0) is 23.8 Å². The fraction of sp³-hybridized carbons (Fsp3) is 0.0769. The highest BCUT2D eigenvalue weighted by Crippen LogP contribution is 2.55. The summed E-state index contributed by atoms with van der Waals surface area (Å²) < 4.78 is 38.2. The van der Waals surface area contributed by atoms with Crippen molar-refractivity contribution in [3.8, 4) is 0 Å². The molecule has 0 aliphatic rings. The summed E-state index contributed by atoms with van der Waals surface area (Å²) in [6.45, 7) is 0. The summed E-state index contributed by atoms with van der Waals surface area (Å²) in [5, 5.41) is 0. The molecule has 0 saturated carbocycles. The Bertz CT molecular complexity index is 622. The van der Waals surface area contributed by atoms with Crippen LogP contribution in [0.3, 0.4) is 0 Å². The average Bonchev–Trinajstić information content (AvgIpc) is 2.33. The molecule has 0 radical (unpaired) electrons. The SMILES string of the molecule is O=P(O)(O)C(c1ccc(F)cc1)c1ccccc1F. The summed E-state index contributed by atoms with van der Waals surface area (Å²) in [5.74, 6) is -1.23. The minimum atomic E-state index is -4.62. The van der Waals surface area contributed by atoms with Crippen molar-refractivity contribution in [2.45, 2.75) is 5.66 Å². The van der Waals surface area contributed by atoms with Crippen molar-refractivity contribution >= 4 is 7.60 Å². The molecule has 6 heteroatoms. The lowest BCUT2D eigenvalue weighted by atomic mass is 10.0. The van der Waals surface area contributed by atoms with Crippen LogP contribution in [0.25, 0.3) is 0 Å². The van der Waals surface area contributed by atoms with E-state index >= 15 is 0 Å². The van der Waals surface area contributed by atoms with Crippen LogP contribution in [0.5, 0.6) is 0 Å². The van der Waals surface area contributed by atoms with Crippen molar-refractivity contribution in [1.29, 1.82) is 0 Å². The van der Waals surface area contributed by atoms with Gasteiger partial charge in [-0.15, -0.1) is 0 Å². The van der Waals surface area contributed by atoms with Crippen LogP contribution in [0.15, 0.2) is 48.5 Å². The van der Waals surface area contributed by atoms with Gasteiger partial charge in [0.1, 0.15) is 17.3 Å². The number of rotatable bonds is 3. The first-order valence-corrected chi connectivity index (χ1v) is 7.13. The van der Waals surface area contributed by atoms with Gasteiger partial charge >= 0.3 is 7.60 Å². The second-order valence-corrected chi connectivity index (χ2v) is 5.76. The van der Waals surface area contributed by atoms with Gasteiger partial charge in [0, 0.05) is 5.56 Å². The van der Waals surface area contributed by atoms with Crippen molar-refractivity contribution < 1.29 is 23.1 Å². The van der Waals surface area contributed by atoms with Crippen molar-refractivity contribution in [3.63, 3.8) is 0 Å². The zero-order valence-corrected chi connectivity index (χ0v) is 10.6. The van der Waals surface area contributed by atoms with Crippen LogP contribution < -0.4 is 0 Å². The first-order chi connectivity index (χ1) is 8.89. The van der Waals surface area contributed by atoms with Gasteiger partial charge in [0.05, 0.1) is 0 Å². The molecule has 0 aliphatic carbocycles. The molecule has 2 rings (SSSR count). The van der Waals surface area contributed by atoms with E-state index in [1.807, 2.05) is 0 Å². The maximum atomic E-state index is 13.7. The van der Waals surface area contributed by atoms with Gasteiger partial charge in [-0.2, -0.15) is 0 Å². The Hall–Kier alpha value is -1.55. The van der Waals surface area contributed by atoms with E-state index in [1.165, 1.54) is 30.3 Å². The quantitative estimate of drug-likeness (QED) is 0.851. The molecule has 0 bridgehead atoms. The van der Waals surface area contributed by atoms with Gasteiger partial charge in [-0.1, -0.05) is 30.3 Å². The lowest BCUT2D eigenvalue weighted by molar-refractivity contribution is 0.363. The Labute approximate surface area is 108 Å². The van der Waals surface area contributed by atoms with Crippen LogP contribution in [0.1, 0.15) is 16.8 Å². The van der Waals surface area contributed by atoms with Gasteiger partial charge in [-0.25, -0.2) is 8.78 Å². The maximum Gasteiger partial charge on any atom is 0.337 e. The summed E-state index contributed by atoms with van der Waals surface area (Å²) in [5.41, 5.74) is -1.38. The van der Waals surface area contributed by atoms with Crippen LogP contribution in [0.4, 0.5) is 8.78 Å². The summed E-state index contributed by atoms with van der Waals surface area (Å²) in [6.07, 6.45) is 0. The average molecular weight is 284 g/mol. The molecule has 2 aromatic carbocycles. The molecule has 3 nitrogen and oxygen atoms in total. The van der Waals surface area contributed by atoms with E-state index in [9.17, 15) is 23.1 Å². The third-order valence-corrected chi connectivity index (χ3v) is 3.97. The number of hydrogen-bond acceptors (Lipinski definition) is 1. The molecule has 0 saturated heterocycles. The highest BCUT2D eigenvalue weighted by Gasteiger charge is 2.33. The molecule has 1 unspecified atom stereocenters. The summed E-state index contributed by atoms with van der Waals surface area (Å²) in [4.78, 5) is 18.9. The zero-order chi connectivity index (χ0) is 14.0. The minimum absolute atomic E-state index is 0.109. The third kappa shape index (κ3) is 3.07. The smallest absolute Gasteiger partial charge is 0.324 e. The number of hydrogen-bond donors (Lipinski definition) is 2. The molecule has 0 amide bonds. The highest BCUT2D eigenvalue weighted by atomic mass is 31.2.